The van der Waals surface area contributed by atoms with Gasteiger partial charge in [-0.25, -0.2) is 4.98 Å². The lowest BCUT2D eigenvalue weighted by Crippen LogP contribution is -2.41. The molecule has 8 heteroatoms. The average Bonchev–Trinajstić information content (AvgIpc) is 2.54. The van der Waals surface area contributed by atoms with Crippen molar-refractivity contribution >= 4 is 41.6 Å². The molecule has 0 atom stereocenters. The minimum Gasteiger partial charge on any atom is -0.423 e. The molecule has 0 radical (unpaired) electrons. The van der Waals surface area contributed by atoms with Gasteiger partial charge in [0.25, 0.3) is 5.91 Å². The van der Waals surface area contributed by atoms with Crippen molar-refractivity contribution in [3.8, 4) is 0 Å². The second kappa shape index (κ2) is 6.67. The van der Waals surface area contributed by atoms with Crippen LogP contribution >= 0.6 is 11.6 Å². The highest BCUT2D eigenvalue weighted by Crippen LogP contribution is 2.25. The maximum atomic E-state index is 12.5. The molecule has 0 bridgehead atoms. The highest BCUT2D eigenvalue weighted by atomic mass is 35.5. The summed E-state index contributed by atoms with van der Waals surface area (Å²) in [7, 11) is -0.957. The predicted molar refractivity (Wildman–Crippen MR) is 97.7 cm³/mol. The minimum atomic E-state index is -0.957. The third-order valence-electron chi connectivity index (χ3n) is 4.58. The van der Waals surface area contributed by atoms with Crippen molar-refractivity contribution in [2.45, 2.75) is 12.8 Å². The molecule has 4 rings (SSSR count). The minimum absolute atomic E-state index is 0.320. The second-order valence-electron chi connectivity index (χ2n) is 6.20. The highest BCUT2D eigenvalue weighted by Gasteiger charge is 2.25. The normalized spacial score (nSPS) is 16.2. The molecule has 1 saturated heterocycles. The number of halogens is 1. The van der Waals surface area contributed by atoms with E-state index in [9.17, 15) is 9.82 Å². The number of anilines is 2. The van der Waals surface area contributed by atoms with Gasteiger partial charge in [0.05, 0.1) is 10.6 Å². The Labute approximate surface area is 150 Å². The fourth-order valence-electron chi connectivity index (χ4n) is 3.01. The molecule has 0 saturated carbocycles. The number of pyridine rings is 1. The van der Waals surface area contributed by atoms with E-state index in [4.69, 9.17) is 16.3 Å². The van der Waals surface area contributed by atoms with Gasteiger partial charge < -0.3 is 19.9 Å². The van der Waals surface area contributed by atoms with Gasteiger partial charge >= 0.3 is 7.12 Å². The molecule has 6 nitrogen and oxygen atoms in total. The van der Waals surface area contributed by atoms with Crippen molar-refractivity contribution in [2.75, 3.05) is 29.9 Å². The van der Waals surface area contributed by atoms with E-state index in [2.05, 4.69) is 15.2 Å². The first-order valence-electron chi connectivity index (χ1n) is 8.26. The number of carbonyl (C=O) groups is 1. The average molecular weight is 358 g/mol. The quantitative estimate of drug-likeness (QED) is 0.814. The lowest BCUT2D eigenvalue weighted by atomic mass is 9.73. The third kappa shape index (κ3) is 3.22. The number of hydrogen-bond acceptors (Lipinski definition) is 5. The van der Waals surface area contributed by atoms with Crippen LogP contribution in [0.4, 0.5) is 11.5 Å². The van der Waals surface area contributed by atoms with Crippen molar-refractivity contribution in [3.63, 3.8) is 0 Å². The molecule has 3 heterocycles. The largest absolute Gasteiger partial charge is 0.491 e. The van der Waals surface area contributed by atoms with Crippen LogP contribution in [0.15, 0.2) is 30.5 Å². The van der Waals surface area contributed by atoms with Crippen molar-refractivity contribution in [1.29, 1.82) is 0 Å². The van der Waals surface area contributed by atoms with Crippen LogP contribution in [0.5, 0.6) is 0 Å². The Balaban J connectivity index is 1.53. The zero-order chi connectivity index (χ0) is 17.4. The van der Waals surface area contributed by atoms with Gasteiger partial charge in [-0.1, -0.05) is 17.7 Å². The Kier molecular flexibility index (Phi) is 4.37. The van der Waals surface area contributed by atoms with Crippen molar-refractivity contribution < 1.29 is 14.5 Å². The molecule has 2 aliphatic rings. The first-order chi connectivity index (χ1) is 12.1. The number of rotatable bonds is 3. The van der Waals surface area contributed by atoms with Crippen LogP contribution < -0.4 is 15.7 Å². The molecule has 0 spiro atoms. The first-order valence-corrected chi connectivity index (χ1v) is 8.64. The Morgan fingerprint density at radius 1 is 1.36 bits per heavy atom. The summed E-state index contributed by atoms with van der Waals surface area (Å²) in [5.74, 6) is 0.459. The summed E-state index contributed by atoms with van der Waals surface area (Å²) in [6.07, 6.45) is 3.39. The number of nitrogens with zero attached hydrogens (tertiary/aromatic N) is 2. The maximum Gasteiger partial charge on any atom is 0.491 e. The number of carbonyl (C=O) groups excluding carboxylic acids is 1. The van der Waals surface area contributed by atoms with Crippen LogP contribution in [0.2, 0.25) is 5.02 Å². The van der Waals surface area contributed by atoms with Gasteiger partial charge in [0.15, 0.2) is 0 Å². The summed E-state index contributed by atoms with van der Waals surface area (Å²) in [5.41, 5.74) is 2.60. The Hall–Kier alpha value is -2.09. The van der Waals surface area contributed by atoms with E-state index < -0.39 is 7.12 Å². The van der Waals surface area contributed by atoms with E-state index in [1.807, 2.05) is 12.1 Å². The van der Waals surface area contributed by atoms with Gasteiger partial charge in [-0.05, 0) is 36.0 Å². The maximum absolute atomic E-state index is 12.5. The van der Waals surface area contributed by atoms with Gasteiger partial charge in [-0.15, -0.1) is 0 Å². The van der Waals surface area contributed by atoms with Crippen LogP contribution in [0.1, 0.15) is 22.3 Å². The van der Waals surface area contributed by atoms with Crippen molar-refractivity contribution in [3.05, 3.63) is 46.6 Å². The van der Waals surface area contributed by atoms with Crippen LogP contribution in [-0.2, 0) is 11.1 Å². The third-order valence-corrected chi connectivity index (χ3v) is 4.89. The molecule has 0 aliphatic carbocycles. The first kappa shape index (κ1) is 16.4. The van der Waals surface area contributed by atoms with E-state index in [0.717, 1.165) is 37.3 Å². The molecule has 128 valence electrons. The van der Waals surface area contributed by atoms with Gasteiger partial charge in [-0.3, -0.25) is 4.79 Å². The lowest BCUT2D eigenvalue weighted by Gasteiger charge is -2.32. The summed E-state index contributed by atoms with van der Waals surface area (Å²) in [6, 6.07) is 7.15. The van der Waals surface area contributed by atoms with Gasteiger partial charge in [0, 0.05) is 37.6 Å². The summed E-state index contributed by atoms with van der Waals surface area (Å²) in [6.45, 7) is 2.42. The molecule has 2 aliphatic heterocycles. The molecule has 1 aromatic carbocycles. The van der Waals surface area contributed by atoms with Gasteiger partial charge in [0.2, 0.25) is 0 Å². The molecule has 25 heavy (non-hydrogen) atoms. The molecular weight excluding hydrogens is 340 g/mol. The Morgan fingerprint density at radius 2 is 2.20 bits per heavy atom. The smallest absolute Gasteiger partial charge is 0.423 e. The van der Waals surface area contributed by atoms with E-state index in [1.165, 1.54) is 6.20 Å². The number of amides is 1. The topological polar surface area (TPSA) is 74.7 Å². The van der Waals surface area contributed by atoms with Crippen molar-refractivity contribution in [2.24, 2.45) is 0 Å². The number of nitrogens with one attached hydrogen (secondary N) is 1. The molecular formula is C17H17BClN3O3. The van der Waals surface area contributed by atoms with Crippen LogP contribution in [-0.4, -0.2) is 42.7 Å². The van der Waals surface area contributed by atoms with Crippen LogP contribution in [0.25, 0.3) is 0 Å². The SMILES string of the molecule is O=C(Nc1ccc2c(c1)B(O)OCC2)c1cnc(N2CCC2)cc1Cl. The van der Waals surface area contributed by atoms with E-state index in [1.54, 1.807) is 12.1 Å². The fourth-order valence-corrected chi connectivity index (χ4v) is 3.24. The lowest BCUT2D eigenvalue weighted by molar-refractivity contribution is 0.102. The summed E-state index contributed by atoms with van der Waals surface area (Å²) >= 11 is 6.27. The molecule has 0 unspecified atom stereocenters. The number of fused-ring (bicyclic) bond motifs is 1. The Morgan fingerprint density at radius 3 is 2.92 bits per heavy atom. The summed E-state index contributed by atoms with van der Waals surface area (Å²) < 4.78 is 5.23. The monoisotopic (exact) mass is 357 g/mol. The second-order valence-corrected chi connectivity index (χ2v) is 6.61. The van der Waals surface area contributed by atoms with E-state index in [-0.39, 0.29) is 5.91 Å². The molecule has 2 N–H and O–H groups in total. The van der Waals surface area contributed by atoms with Gasteiger partial charge in [-0.2, -0.15) is 0 Å². The fraction of sp³-hybridized carbons (Fsp3) is 0.294. The number of benzene rings is 1. The van der Waals surface area contributed by atoms with E-state index in [0.29, 0.717) is 28.3 Å². The van der Waals surface area contributed by atoms with Crippen LogP contribution in [0, 0.1) is 0 Å². The zero-order valence-electron chi connectivity index (χ0n) is 13.5. The molecule has 2 aromatic rings. The molecule has 1 fully saturated rings. The molecule has 1 amide bonds. The zero-order valence-corrected chi connectivity index (χ0v) is 14.3. The van der Waals surface area contributed by atoms with Gasteiger partial charge in [0.1, 0.15) is 5.82 Å². The standard InChI is InChI=1S/C17H17BClN3O3/c19-15-9-16(22-5-1-6-22)20-10-13(15)17(23)21-12-3-2-11-4-7-25-18(24)14(11)8-12/h2-3,8-10,24H,1,4-7H2,(H,21,23). The molecule has 1 aromatic heterocycles. The highest BCUT2D eigenvalue weighted by molar-refractivity contribution is 6.61. The number of hydrogen-bond donors (Lipinski definition) is 2. The van der Waals surface area contributed by atoms with E-state index >= 15 is 0 Å². The Bertz CT molecular complexity index is 829. The summed E-state index contributed by atoms with van der Waals surface area (Å²) in [5, 5.41) is 13.1. The summed E-state index contributed by atoms with van der Waals surface area (Å²) in [4.78, 5) is 18.9. The van der Waals surface area contributed by atoms with Crippen molar-refractivity contribution in [1.82, 2.24) is 4.98 Å². The predicted octanol–water partition coefficient (Wildman–Crippen LogP) is 1.46. The number of aromatic nitrogens is 1. The van der Waals surface area contributed by atoms with Crippen LogP contribution in [0.3, 0.4) is 0 Å².